The maximum atomic E-state index is 11.7. The minimum Gasteiger partial charge on any atom is -0.394 e. The number of hydrogen-bond acceptors (Lipinski definition) is 9. The lowest BCUT2D eigenvalue weighted by Gasteiger charge is -2.30. The number of ether oxygens (including phenoxy) is 2. The molecule has 7 N–H and O–H groups in total. The Kier molecular flexibility index (Phi) is 14.8. The highest BCUT2D eigenvalue weighted by atomic mass is 16.7. The minimum atomic E-state index is -1.11. The molecule has 0 spiro atoms. The fourth-order valence-corrected chi connectivity index (χ4v) is 2.23. The van der Waals surface area contributed by atoms with Gasteiger partial charge in [-0.05, 0) is 19.8 Å². The van der Waals surface area contributed by atoms with Crippen molar-refractivity contribution in [3.63, 3.8) is 0 Å². The van der Waals surface area contributed by atoms with Gasteiger partial charge in [0.25, 0.3) is 0 Å². The monoisotopic (exact) mass is 410 g/mol. The Bertz CT molecular complexity index is 433. The zero-order valence-electron chi connectivity index (χ0n) is 16.4. The molecule has 2 amide bonds. The minimum absolute atomic E-state index is 0.134. The molecule has 0 radical (unpaired) electrons. The van der Waals surface area contributed by atoms with Gasteiger partial charge in [0.15, 0.2) is 6.29 Å². The van der Waals surface area contributed by atoms with Crippen LogP contribution < -0.4 is 10.6 Å². The van der Waals surface area contributed by atoms with E-state index in [9.17, 15) is 24.9 Å². The number of carbonyl (C=O) groups excluding carboxylic acids is 2. The number of rotatable bonds is 16. The zero-order chi connectivity index (χ0) is 21.5. The Labute approximate surface area is 164 Å². The van der Waals surface area contributed by atoms with E-state index >= 15 is 0 Å². The number of unbranched alkanes of at least 4 members (excludes halogenated alkanes) is 1. The highest BCUT2D eigenvalue weighted by Crippen LogP contribution is 2.11. The van der Waals surface area contributed by atoms with Crippen molar-refractivity contribution in [1.29, 1.82) is 0 Å². The first kappa shape index (κ1) is 26.7. The van der Waals surface area contributed by atoms with Crippen LogP contribution >= 0.6 is 0 Å². The Morgan fingerprint density at radius 2 is 1.61 bits per heavy atom. The van der Waals surface area contributed by atoms with Gasteiger partial charge in [-0.1, -0.05) is 0 Å². The number of amides is 2. The lowest BCUT2D eigenvalue weighted by Crippen LogP contribution is -2.50. The summed E-state index contributed by atoms with van der Waals surface area (Å²) in [6, 6.07) is -1.59. The van der Waals surface area contributed by atoms with Crippen LogP contribution in [0.1, 0.15) is 33.1 Å². The molecule has 166 valence electrons. The lowest BCUT2D eigenvalue weighted by molar-refractivity contribution is -0.214. The number of carbonyl (C=O) groups is 2. The Morgan fingerprint density at radius 3 is 2.07 bits per heavy atom. The first-order chi connectivity index (χ1) is 13.3. The normalized spacial score (nSPS) is 15.7. The third kappa shape index (κ3) is 11.5. The maximum absolute atomic E-state index is 11.7. The molecule has 0 aromatic rings. The van der Waals surface area contributed by atoms with Crippen LogP contribution in [-0.2, 0) is 19.1 Å². The van der Waals surface area contributed by atoms with Crippen molar-refractivity contribution in [2.24, 2.45) is 0 Å². The molecule has 0 aliphatic heterocycles. The third-order valence-electron chi connectivity index (χ3n) is 3.83. The van der Waals surface area contributed by atoms with Gasteiger partial charge in [-0.25, -0.2) is 0 Å². The van der Waals surface area contributed by atoms with Crippen LogP contribution in [0.2, 0.25) is 0 Å². The van der Waals surface area contributed by atoms with Crippen molar-refractivity contribution in [3.8, 4) is 0 Å². The zero-order valence-corrected chi connectivity index (χ0v) is 16.4. The van der Waals surface area contributed by atoms with E-state index in [4.69, 9.17) is 19.7 Å². The van der Waals surface area contributed by atoms with E-state index in [0.29, 0.717) is 12.8 Å². The second-order valence-electron chi connectivity index (χ2n) is 6.41. The quantitative estimate of drug-likeness (QED) is 0.105. The smallest absolute Gasteiger partial charge is 0.220 e. The van der Waals surface area contributed by atoms with Gasteiger partial charge in [0, 0.05) is 20.0 Å². The molecule has 28 heavy (non-hydrogen) atoms. The van der Waals surface area contributed by atoms with Crippen molar-refractivity contribution in [1.82, 2.24) is 10.6 Å². The number of aliphatic hydroxyl groups excluding tert-OH is 5. The molecule has 0 aliphatic rings. The Hall–Kier alpha value is -1.34. The van der Waals surface area contributed by atoms with E-state index in [0.717, 1.165) is 0 Å². The molecule has 0 rings (SSSR count). The second kappa shape index (κ2) is 15.6. The molecule has 11 nitrogen and oxygen atoms in total. The molecule has 0 aromatic carbocycles. The molecule has 0 heterocycles. The summed E-state index contributed by atoms with van der Waals surface area (Å²) in [7, 11) is 0. The molecular weight excluding hydrogens is 376 g/mol. The molecule has 4 atom stereocenters. The molecule has 0 saturated heterocycles. The summed E-state index contributed by atoms with van der Waals surface area (Å²) in [6.07, 6.45) is -2.01. The summed E-state index contributed by atoms with van der Waals surface area (Å²) in [6.45, 7) is 1.16. The summed E-state index contributed by atoms with van der Waals surface area (Å²) in [5.41, 5.74) is 0. The lowest BCUT2D eigenvalue weighted by atomic mass is 10.2. The Balaban J connectivity index is 4.54. The molecule has 2 unspecified atom stereocenters. The topological polar surface area (TPSA) is 178 Å². The van der Waals surface area contributed by atoms with Gasteiger partial charge >= 0.3 is 0 Å². The van der Waals surface area contributed by atoms with Crippen molar-refractivity contribution in [2.75, 3.05) is 33.0 Å². The van der Waals surface area contributed by atoms with Gasteiger partial charge in [0.05, 0.1) is 38.6 Å². The van der Waals surface area contributed by atoms with Crippen molar-refractivity contribution in [2.45, 2.75) is 63.7 Å². The summed E-state index contributed by atoms with van der Waals surface area (Å²) < 4.78 is 11.0. The number of nitrogens with one attached hydrogen (secondary N) is 2. The van der Waals surface area contributed by atoms with Crippen molar-refractivity contribution in [3.05, 3.63) is 0 Å². The predicted octanol–water partition coefficient (Wildman–Crippen LogP) is -2.78. The largest absolute Gasteiger partial charge is 0.394 e. The third-order valence-corrected chi connectivity index (χ3v) is 3.83. The molecule has 0 fully saturated rings. The summed E-state index contributed by atoms with van der Waals surface area (Å²) >= 11 is 0. The maximum Gasteiger partial charge on any atom is 0.220 e. The SMILES string of the molecule is CC(=O)N[C@@H](CO)C(OCCCCC(=O)NC(CO)CO)OC(CO)[C@@H](C)O. The average Bonchev–Trinajstić information content (AvgIpc) is 2.65. The van der Waals surface area contributed by atoms with Gasteiger partial charge in [-0.15, -0.1) is 0 Å². The van der Waals surface area contributed by atoms with Crippen LogP contribution in [0.15, 0.2) is 0 Å². The van der Waals surface area contributed by atoms with E-state index in [1.165, 1.54) is 13.8 Å². The molecule has 0 bridgehead atoms. The van der Waals surface area contributed by atoms with Crippen LogP contribution in [0, 0.1) is 0 Å². The average molecular weight is 410 g/mol. The van der Waals surface area contributed by atoms with E-state index in [-0.39, 0.29) is 32.1 Å². The second-order valence-corrected chi connectivity index (χ2v) is 6.41. The van der Waals surface area contributed by atoms with Crippen LogP contribution in [0.25, 0.3) is 0 Å². The first-order valence-electron chi connectivity index (χ1n) is 9.24. The van der Waals surface area contributed by atoms with Crippen molar-refractivity contribution >= 4 is 11.8 Å². The van der Waals surface area contributed by atoms with Gasteiger partial charge in [0.2, 0.25) is 11.8 Å². The van der Waals surface area contributed by atoms with Crippen molar-refractivity contribution < 1.29 is 44.6 Å². The van der Waals surface area contributed by atoms with Gasteiger partial charge in [-0.3, -0.25) is 9.59 Å². The van der Waals surface area contributed by atoms with Crippen LogP contribution in [0.4, 0.5) is 0 Å². The molecule has 0 aromatic heterocycles. The Morgan fingerprint density at radius 1 is 0.964 bits per heavy atom. The first-order valence-corrected chi connectivity index (χ1v) is 9.24. The standard InChI is InChI=1S/C17H34N2O9/c1-11(24)15(10-23)28-17(14(9-22)18-12(2)25)27-6-4-3-5-16(26)19-13(7-20)8-21/h11,13-15,17,20-24H,3-10H2,1-2H3,(H,18,25)(H,19,26)/t11-,14+,15?,17?/m1/s1. The molecule has 0 saturated carbocycles. The number of aliphatic hydroxyl groups is 5. The van der Waals surface area contributed by atoms with E-state index < -0.39 is 49.7 Å². The van der Waals surface area contributed by atoms with Gasteiger partial charge in [-0.2, -0.15) is 0 Å². The molecular formula is C17H34N2O9. The van der Waals surface area contributed by atoms with E-state index in [1.807, 2.05) is 0 Å². The van der Waals surface area contributed by atoms with Crippen LogP contribution in [0.5, 0.6) is 0 Å². The summed E-state index contributed by atoms with van der Waals surface area (Å²) in [4.78, 5) is 23.0. The predicted molar refractivity (Wildman–Crippen MR) is 98.0 cm³/mol. The van der Waals surface area contributed by atoms with Crippen LogP contribution in [0.3, 0.4) is 0 Å². The highest BCUT2D eigenvalue weighted by Gasteiger charge is 2.28. The fraction of sp³-hybridized carbons (Fsp3) is 0.882. The van der Waals surface area contributed by atoms with Crippen LogP contribution in [-0.4, -0.2) is 101 Å². The number of hydrogen-bond donors (Lipinski definition) is 7. The fourth-order valence-electron chi connectivity index (χ4n) is 2.23. The van der Waals surface area contributed by atoms with E-state index in [1.54, 1.807) is 0 Å². The van der Waals surface area contributed by atoms with Gasteiger partial charge in [0.1, 0.15) is 12.1 Å². The van der Waals surface area contributed by atoms with Gasteiger partial charge < -0.3 is 45.6 Å². The summed E-state index contributed by atoms with van der Waals surface area (Å²) in [5.74, 6) is -0.727. The highest BCUT2D eigenvalue weighted by molar-refractivity contribution is 5.76. The van der Waals surface area contributed by atoms with E-state index in [2.05, 4.69) is 10.6 Å². The summed E-state index contributed by atoms with van der Waals surface area (Å²) in [5, 5.41) is 51.2. The molecule has 0 aliphatic carbocycles. The molecule has 11 heteroatoms.